The van der Waals surface area contributed by atoms with E-state index in [2.05, 4.69) is 0 Å². The van der Waals surface area contributed by atoms with E-state index in [0.717, 1.165) is 11.1 Å². The van der Waals surface area contributed by atoms with Crippen LogP contribution in [0.15, 0.2) is 24.3 Å². The van der Waals surface area contributed by atoms with Crippen molar-refractivity contribution >= 4 is 11.9 Å². The summed E-state index contributed by atoms with van der Waals surface area (Å²) in [5.41, 5.74) is 1.53. The monoisotopic (exact) mass is 277 g/mol. The van der Waals surface area contributed by atoms with E-state index in [0.29, 0.717) is 0 Å². The second-order valence-electron chi connectivity index (χ2n) is 5.65. The summed E-state index contributed by atoms with van der Waals surface area (Å²) in [6, 6.07) is 7.73. The quantitative estimate of drug-likeness (QED) is 0.776. The van der Waals surface area contributed by atoms with Crippen molar-refractivity contribution in [3.05, 3.63) is 35.4 Å². The summed E-state index contributed by atoms with van der Waals surface area (Å²) in [5, 5.41) is 0. The minimum absolute atomic E-state index is 0.0510. The molecule has 0 bridgehead atoms. The number of nitrogens with zero attached hydrogens (tertiary/aromatic N) is 1. The minimum Gasteiger partial charge on any atom is -0.463 e. The van der Waals surface area contributed by atoms with Gasteiger partial charge in [0.1, 0.15) is 6.61 Å². The molecule has 0 aliphatic heterocycles. The lowest BCUT2D eigenvalue weighted by Gasteiger charge is -2.34. The predicted octanol–water partition coefficient (Wildman–Crippen LogP) is 2.34. The van der Waals surface area contributed by atoms with Gasteiger partial charge in [0.05, 0.1) is 12.0 Å². The number of ether oxygens (including phenoxy) is 1. The first-order chi connectivity index (χ1) is 9.24. The van der Waals surface area contributed by atoms with Crippen LogP contribution < -0.4 is 0 Å². The van der Waals surface area contributed by atoms with Crippen LogP contribution in [0.3, 0.4) is 0 Å². The van der Waals surface area contributed by atoms with E-state index in [4.69, 9.17) is 4.74 Å². The lowest BCUT2D eigenvalue weighted by atomic mass is 10.0. The lowest BCUT2D eigenvalue weighted by molar-refractivity contribution is -0.149. The number of hydrogen-bond donors (Lipinski definition) is 0. The van der Waals surface area contributed by atoms with Crippen LogP contribution in [-0.4, -0.2) is 36.0 Å². The van der Waals surface area contributed by atoms with Crippen molar-refractivity contribution in [3.8, 4) is 0 Å². The smallest absolute Gasteiger partial charge is 0.310 e. The minimum atomic E-state index is -0.507. The molecule has 1 rings (SSSR count). The highest BCUT2D eigenvalue weighted by Crippen LogP contribution is 2.14. The molecule has 20 heavy (non-hydrogen) atoms. The standard InChI is InChI=1S/C16H23NO3/c1-12-8-6-7-9-14(12)10-15(19)20-11-16(3,4)17(5)13(2)18/h6-9H,10-11H2,1-5H3. The van der Waals surface area contributed by atoms with Gasteiger partial charge in [0.25, 0.3) is 0 Å². The van der Waals surface area contributed by atoms with E-state index in [1.807, 2.05) is 45.0 Å². The van der Waals surface area contributed by atoms with Gasteiger partial charge in [-0.3, -0.25) is 9.59 Å². The predicted molar refractivity (Wildman–Crippen MR) is 78.4 cm³/mol. The molecule has 0 heterocycles. The molecule has 0 aliphatic rings. The van der Waals surface area contributed by atoms with Crippen molar-refractivity contribution in [1.82, 2.24) is 4.90 Å². The zero-order valence-corrected chi connectivity index (χ0v) is 12.9. The van der Waals surface area contributed by atoms with Gasteiger partial charge in [0.15, 0.2) is 0 Å². The molecule has 1 aromatic rings. The fourth-order valence-corrected chi connectivity index (χ4v) is 1.80. The molecule has 1 aromatic carbocycles. The largest absolute Gasteiger partial charge is 0.463 e. The number of carbonyl (C=O) groups is 2. The molecule has 0 radical (unpaired) electrons. The Morgan fingerprint density at radius 3 is 2.40 bits per heavy atom. The highest BCUT2D eigenvalue weighted by atomic mass is 16.5. The maximum atomic E-state index is 11.9. The molecule has 0 unspecified atom stereocenters. The van der Waals surface area contributed by atoms with Crippen molar-refractivity contribution < 1.29 is 14.3 Å². The summed E-state index contributed by atoms with van der Waals surface area (Å²) in [4.78, 5) is 24.8. The zero-order valence-electron chi connectivity index (χ0n) is 12.9. The third-order valence-electron chi connectivity index (χ3n) is 3.56. The maximum Gasteiger partial charge on any atom is 0.310 e. The fourth-order valence-electron chi connectivity index (χ4n) is 1.80. The Morgan fingerprint density at radius 2 is 1.85 bits per heavy atom. The average Bonchev–Trinajstić information content (AvgIpc) is 2.38. The first-order valence-corrected chi connectivity index (χ1v) is 6.68. The van der Waals surface area contributed by atoms with E-state index >= 15 is 0 Å². The molecule has 0 saturated carbocycles. The molecule has 4 nitrogen and oxygen atoms in total. The highest BCUT2D eigenvalue weighted by Gasteiger charge is 2.27. The summed E-state index contributed by atoms with van der Waals surface area (Å²) < 4.78 is 5.30. The van der Waals surface area contributed by atoms with E-state index in [-0.39, 0.29) is 24.9 Å². The van der Waals surface area contributed by atoms with Crippen LogP contribution in [0.2, 0.25) is 0 Å². The van der Waals surface area contributed by atoms with Crippen LogP contribution in [0.4, 0.5) is 0 Å². The number of aryl methyl sites for hydroxylation is 1. The van der Waals surface area contributed by atoms with Crippen LogP contribution in [0.1, 0.15) is 31.9 Å². The molecule has 0 aliphatic carbocycles. The van der Waals surface area contributed by atoms with Crippen LogP contribution in [0.5, 0.6) is 0 Å². The summed E-state index contributed by atoms with van der Waals surface area (Å²) in [6.45, 7) is 7.39. The fraction of sp³-hybridized carbons (Fsp3) is 0.500. The second kappa shape index (κ2) is 6.55. The molecule has 0 aromatic heterocycles. The van der Waals surface area contributed by atoms with Gasteiger partial charge >= 0.3 is 5.97 Å². The normalized spacial score (nSPS) is 11.1. The molecule has 0 fully saturated rings. The third-order valence-corrected chi connectivity index (χ3v) is 3.56. The molecule has 1 amide bonds. The Balaban J connectivity index is 2.56. The van der Waals surface area contributed by atoms with Crippen LogP contribution in [-0.2, 0) is 20.7 Å². The van der Waals surface area contributed by atoms with Gasteiger partial charge in [-0.05, 0) is 31.9 Å². The Hall–Kier alpha value is -1.84. The van der Waals surface area contributed by atoms with Crippen molar-refractivity contribution in [2.75, 3.05) is 13.7 Å². The first-order valence-electron chi connectivity index (χ1n) is 6.68. The first kappa shape index (κ1) is 16.2. The Bertz CT molecular complexity index is 494. The second-order valence-corrected chi connectivity index (χ2v) is 5.65. The van der Waals surface area contributed by atoms with Gasteiger partial charge in [-0.15, -0.1) is 0 Å². The summed E-state index contributed by atoms with van der Waals surface area (Å²) in [7, 11) is 1.71. The van der Waals surface area contributed by atoms with Gasteiger partial charge in [-0.25, -0.2) is 0 Å². The Kier molecular flexibility index (Phi) is 5.31. The van der Waals surface area contributed by atoms with E-state index in [1.165, 1.54) is 6.92 Å². The van der Waals surface area contributed by atoms with Crippen molar-refractivity contribution in [3.63, 3.8) is 0 Å². The average molecular weight is 277 g/mol. The van der Waals surface area contributed by atoms with Crippen molar-refractivity contribution in [2.24, 2.45) is 0 Å². The molecule has 0 spiro atoms. The number of amides is 1. The van der Waals surface area contributed by atoms with Crippen molar-refractivity contribution in [1.29, 1.82) is 0 Å². The summed E-state index contributed by atoms with van der Waals surface area (Å²) in [6.07, 6.45) is 0.256. The molecule has 110 valence electrons. The third kappa shape index (κ3) is 4.37. The molecule has 0 atom stereocenters. The molecule has 0 N–H and O–H groups in total. The SMILES string of the molecule is CC(=O)N(C)C(C)(C)COC(=O)Cc1ccccc1C. The van der Waals surface area contributed by atoms with Crippen LogP contribution in [0, 0.1) is 6.92 Å². The van der Waals surface area contributed by atoms with Gasteiger partial charge < -0.3 is 9.64 Å². The number of likely N-dealkylation sites (N-methyl/N-ethyl adjacent to an activating group) is 1. The number of hydrogen-bond acceptors (Lipinski definition) is 3. The van der Waals surface area contributed by atoms with Crippen LogP contribution in [0.25, 0.3) is 0 Å². The van der Waals surface area contributed by atoms with E-state index in [1.54, 1.807) is 11.9 Å². The van der Waals surface area contributed by atoms with Gasteiger partial charge in [0.2, 0.25) is 5.91 Å². The highest BCUT2D eigenvalue weighted by molar-refractivity contribution is 5.74. The van der Waals surface area contributed by atoms with Gasteiger partial charge in [-0.1, -0.05) is 24.3 Å². The Morgan fingerprint density at radius 1 is 1.25 bits per heavy atom. The van der Waals surface area contributed by atoms with E-state index < -0.39 is 5.54 Å². The van der Waals surface area contributed by atoms with Gasteiger partial charge in [-0.2, -0.15) is 0 Å². The van der Waals surface area contributed by atoms with E-state index in [9.17, 15) is 9.59 Å². The summed E-state index contributed by atoms with van der Waals surface area (Å²) >= 11 is 0. The van der Waals surface area contributed by atoms with Crippen molar-refractivity contribution in [2.45, 2.75) is 39.7 Å². The van der Waals surface area contributed by atoms with Crippen LogP contribution >= 0.6 is 0 Å². The van der Waals surface area contributed by atoms with Gasteiger partial charge in [0, 0.05) is 14.0 Å². The topological polar surface area (TPSA) is 46.6 Å². The number of esters is 1. The lowest BCUT2D eigenvalue weighted by Crippen LogP contribution is -2.47. The number of rotatable bonds is 5. The number of carbonyl (C=O) groups excluding carboxylic acids is 2. The number of benzene rings is 1. The maximum absolute atomic E-state index is 11.9. The zero-order chi connectivity index (χ0) is 15.3. The molecule has 4 heteroatoms. The molecular weight excluding hydrogens is 254 g/mol. The summed E-state index contributed by atoms with van der Waals surface area (Å²) in [5.74, 6) is -0.325. The molecular formula is C16H23NO3. The molecule has 0 saturated heterocycles. The Labute approximate surface area is 120 Å².